The zero-order valence-electron chi connectivity index (χ0n) is 16.8. The van der Waals surface area contributed by atoms with E-state index in [2.05, 4.69) is 0 Å². The van der Waals surface area contributed by atoms with Gasteiger partial charge in [0, 0.05) is 26.2 Å². The molecule has 1 atom stereocenters. The van der Waals surface area contributed by atoms with Crippen molar-refractivity contribution in [1.29, 1.82) is 0 Å². The van der Waals surface area contributed by atoms with Gasteiger partial charge >= 0.3 is 0 Å². The van der Waals surface area contributed by atoms with Crippen LogP contribution in [0.5, 0.6) is 5.75 Å². The van der Waals surface area contributed by atoms with E-state index in [0.717, 1.165) is 5.76 Å². The summed E-state index contributed by atoms with van der Waals surface area (Å²) in [5.41, 5.74) is 0. The molecule has 1 amide bonds. The van der Waals surface area contributed by atoms with Gasteiger partial charge in [0.1, 0.15) is 11.8 Å². The van der Waals surface area contributed by atoms with Gasteiger partial charge in [0.25, 0.3) is 5.91 Å². The van der Waals surface area contributed by atoms with Crippen molar-refractivity contribution < 1.29 is 27.7 Å². The van der Waals surface area contributed by atoms with E-state index in [1.165, 1.54) is 4.31 Å². The molecule has 1 aliphatic rings. The van der Waals surface area contributed by atoms with Gasteiger partial charge in [-0.1, -0.05) is 0 Å². The van der Waals surface area contributed by atoms with Crippen molar-refractivity contribution in [3.8, 4) is 5.75 Å². The van der Waals surface area contributed by atoms with E-state index in [4.69, 9.17) is 9.15 Å². The average Bonchev–Trinajstić information content (AvgIpc) is 3.27. The molecule has 0 unspecified atom stereocenters. The van der Waals surface area contributed by atoms with Crippen LogP contribution in [0.4, 0.5) is 0 Å². The van der Waals surface area contributed by atoms with Gasteiger partial charge in [-0.3, -0.25) is 4.79 Å². The predicted molar refractivity (Wildman–Crippen MR) is 107 cm³/mol. The fourth-order valence-corrected chi connectivity index (χ4v) is 4.70. The van der Waals surface area contributed by atoms with E-state index in [1.807, 2.05) is 31.3 Å². The molecule has 2 aromatic rings. The minimum Gasteiger partial charge on any atom is -0.494 e. The largest absolute Gasteiger partial charge is 0.494 e. The number of hydrogen-bond acceptors (Lipinski definition) is 5. The first-order valence-electron chi connectivity index (χ1n) is 9.79. The number of ether oxygens (including phenoxy) is 1. The Labute approximate surface area is 171 Å². The van der Waals surface area contributed by atoms with Crippen LogP contribution in [0.3, 0.4) is 0 Å². The summed E-state index contributed by atoms with van der Waals surface area (Å²) in [6, 6.07) is 10.2. The van der Waals surface area contributed by atoms with Crippen LogP contribution in [0.1, 0.15) is 25.6 Å². The lowest BCUT2D eigenvalue weighted by Gasteiger charge is -2.33. The molecule has 1 fully saturated rings. The number of carbonyl (C=O) groups excluding carboxylic acids is 1. The zero-order valence-corrected chi connectivity index (χ0v) is 17.6. The lowest BCUT2D eigenvalue weighted by atomic mass is 10.2. The lowest BCUT2D eigenvalue weighted by molar-refractivity contribution is -0.685. The second-order valence-electron chi connectivity index (χ2n) is 6.93. The predicted octanol–water partition coefficient (Wildman–Crippen LogP) is 0.836. The molecular formula is C20H28N3O5S+. The molecule has 0 aliphatic carbocycles. The number of furan rings is 1. The number of carbonyl (C=O) groups is 1. The highest BCUT2D eigenvalue weighted by molar-refractivity contribution is 7.89. The first-order valence-corrected chi connectivity index (χ1v) is 11.2. The van der Waals surface area contributed by atoms with E-state index in [9.17, 15) is 13.2 Å². The number of benzene rings is 1. The van der Waals surface area contributed by atoms with Crippen molar-refractivity contribution in [2.45, 2.75) is 24.8 Å². The van der Waals surface area contributed by atoms with Gasteiger partial charge in [-0.25, -0.2) is 8.42 Å². The van der Waals surface area contributed by atoms with Gasteiger partial charge in [-0.2, -0.15) is 4.31 Å². The molecule has 2 N–H and O–H groups in total. The van der Waals surface area contributed by atoms with Crippen LogP contribution in [0.15, 0.2) is 52.0 Å². The first kappa shape index (κ1) is 21.4. The average molecular weight is 423 g/mol. The number of nitrogens with zero attached hydrogens (tertiary/aromatic N) is 2. The molecule has 158 valence electrons. The van der Waals surface area contributed by atoms with E-state index in [-0.39, 0.29) is 29.9 Å². The number of amides is 1. The number of sulfonamides is 1. The topological polar surface area (TPSA) is 96.7 Å². The summed E-state index contributed by atoms with van der Waals surface area (Å²) in [4.78, 5) is 14.4. The maximum Gasteiger partial charge on any atom is 0.277 e. The highest BCUT2D eigenvalue weighted by Crippen LogP contribution is 2.21. The van der Waals surface area contributed by atoms with E-state index >= 15 is 0 Å². The van der Waals surface area contributed by atoms with E-state index in [1.54, 1.807) is 35.4 Å². The monoisotopic (exact) mass is 422 g/mol. The van der Waals surface area contributed by atoms with Crippen molar-refractivity contribution in [1.82, 2.24) is 9.21 Å². The SMILES string of the molecule is CCOc1ccc(S(=O)(=O)N2CCN(C(=O)C[NH2+][C@H](C)c3ccco3)CC2)cc1. The summed E-state index contributed by atoms with van der Waals surface area (Å²) in [6.07, 6.45) is 1.62. The van der Waals surface area contributed by atoms with Crippen LogP contribution in [0.25, 0.3) is 0 Å². The summed E-state index contributed by atoms with van der Waals surface area (Å²) < 4.78 is 37.8. The molecule has 3 rings (SSSR count). The Kier molecular flexibility index (Phi) is 6.94. The molecule has 9 heteroatoms. The van der Waals surface area contributed by atoms with E-state index in [0.29, 0.717) is 32.0 Å². The standard InChI is InChI=1S/C20H27N3O5S/c1-3-27-17-6-8-18(9-7-17)29(25,26)23-12-10-22(11-13-23)20(24)15-21-16(2)19-5-4-14-28-19/h4-9,14,16,21H,3,10-13,15H2,1-2H3/p+1/t16-/m1/s1. The second kappa shape index (κ2) is 9.43. The molecule has 0 radical (unpaired) electrons. The summed E-state index contributed by atoms with van der Waals surface area (Å²) in [5.74, 6) is 1.47. The highest BCUT2D eigenvalue weighted by Gasteiger charge is 2.30. The summed E-state index contributed by atoms with van der Waals surface area (Å²) >= 11 is 0. The number of hydrogen-bond donors (Lipinski definition) is 1. The molecule has 2 heterocycles. The maximum absolute atomic E-state index is 12.8. The Bertz CT molecular complexity index is 889. The van der Waals surface area contributed by atoms with Gasteiger partial charge in [-0.15, -0.1) is 0 Å². The number of quaternary nitrogens is 1. The number of piperazine rings is 1. The van der Waals surface area contributed by atoms with Crippen molar-refractivity contribution in [3.05, 3.63) is 48.4 Å². The Morgan fingerprint density at radius 1 is 1.17 bits per heavy atom. The highest BCUT2D eigenvalue weighted by atomic mass is 32.2. The second-order valence-corrected chi connectivity index (χ2v) is 8.87. The summed E-state index contributed by atoms with van der Waals surface area (Å²) in [6.45, 7) is 6.03. The van der Waals surface area contributed by atoms with Gasteiger partial charge < -0.3 is 19.4 Å². The Balaban J connectivity index is 1.51. The van der Waals surface area contributed by atoms with Crippen LogP contribution in [0.2, 0.25) is 0 Å². The molecule has 8 nitrogen and oxygen atoms in total. The fourth-order valence-electron chi connectivity index (χ4n) is 3.27. The molecule has 0 spiro atoms. The zero-order chi connectivity index (χ0) is 20.9. The molecule has 29 heavy (non-hydrogen) atoms. The normalized spacial score (nSPS) is 16.6. The van der Waals surface area contributed by atoms with Gasteiger partial charge in [0.2, 0.25) is 10.0 Å². The molecular weight excluding hydrogens is 394 g/mol. The Morgan fingerprint density at radius 3 is 2.45 bits per heavy atom. The quantitative estimate of drug-likeness (QED) is 0.680. The summed E-state index contributed by atoms with van der Waals surface area (Å²) in [7, 11) is -3.58. The van der Waals surface area contributed by atoms with Crippen molar-refractivity contribution in [3.63, 3.8) is 0 Å². The third-order valence-corrected chi connectivity index (χ3v) is 6.91. The van der Waals surface area contributed by atoms with Crippen LogP contribution in [-0.4, -0.2) is 62.9 Å². The molecule has 1 aromatic carbocycles. The third-order valence-electron chi connectivity index (χ3n) is 5.00. The Hall–Kier alpha value is -2.36. The van der Waals surface area contributed by atoms with Crippen LogP contribution in [-0.2, 0) is 14.8 Å². The smallest absolute Gasteiger partial charge is 0.277 e. The fraction of sp³-hybridized carbons (Fsp3) is 0.450. The van der Waals surface area contributed by atoms with Gasteiger partial charge in [-0.05, 0) is 50.2 Å². The van der Waals surface area contributed by atoms with Gasteiger partial charge in [0.15, 0.2) is 12.3 Å². The maximum atomic E-state index is 12.8. The lowest BCUT2D eigenvalue weighted by Crippen LogP contribution is -2.87. The Morgan fingerprint density at radius 2 is 1.86 bits per heavy atom. The minimum absolute atomic E-state index is 0.00141. The van der Waals surface area contributed by atoms with Crippen molar-refractivity contribution in [2.75, 3.05) is 39.3 Å². The molecule has 1 aliphatic heterocycles. The number of rotatable bonds is 8. The van der Waals surface area contributed by atoms with E-state index < -0.39 is 10.0 Å². The summed E-state index contributed by atoms with van der Waals surface area (Å²) in [5, 5.41) is 1.92. The number of nitrogens with two attached hydrogens (primary N) is 1. The molecule has 1 aromatic heterocycles. The minimum atomic E-state index is -3.58. The van der Waals surface area contributed by atoms with Crippen LogP contribution < -0.4 is 10.1 Å². The van der Waals surface area contributed by atoms with Crippen LogP contribution >= 0.6 is 0 Å². The van der Waals surface area contributed by atoms with Crippen molar-refractivity contribution in [2.24, 2.45) is 0 Å². The third kappa shape index (κ3) is 5.17. The molecule has 0 saturated carbocycles. The van der Waals surface area contributed by atoms with Crippen LogP contribution in [0, 0.1) is 0 Å². The van der Waals surface area contributed by atoms with Crippen molar-refractivity contribution >= 4 is 15.9 Å². The van der Waals surface area contributed by atoms with Gasteiger partial charge in [0.05, 0.1) is 17.8 Å². The molecule has 1 saturated heterocycles. The first-order chi connectivity index (χ1) is 13.9. The molecule has 0 bridgehead atoms.